The van der Waals surface area contributed by atoms with Crippen LogP contribution in [0.2, 0.25) is 0 Å². The van der Waals surface area contributed by atoms with Gasteiger partial charge in [-0.25, -0.2) is 0 Å². The number of rotatable bonds is 10. The fourth-order valence-corrected chi connectivity index (χ4v) is 2.45. The van der Waals surface area contributed by atoms with E-state index in [0.717, 1.165) is 24.3 Å². The number of hydrogen-bond donors (Lipinski definition) is 3. The number of carbonyl (C=O) groups is 3. The smallest absolute Gasteiger partial charge is 0.279 e. The predicted octanol–water partition coefficient (Wildman–Crippen LogP) is 0.747. The first-order valence-electron chi connectivity index (χ1n) is 9.10. The van der Waals surface area contributed by atoms with E-state index in [-0.39, 0.29) is 24.3 Å². The molecule has 26 heavy (non-hydrogen) atoms. The van der Waals surface area contributed by atoms with E-state index >= 15 is 0 Å². The maximum atomic E-state index is 12.2. The lowest BCUT2D eigenvalue weighted by Crippen LogP contribution is -3.13. The molecule has 0 bridgehead atoms. The zero-order valence-electron chi connectivity index (χ0n) is 16.2. The van der Waals surface area contributed by atoms with Crippen molar-refractivity contribution in [3.63, 3.8) is 0 Å². The number of amides is 3. The van der Waals surface area contributed by atoms with Crippen molar-refractivity contribution in [1.82, 2.24) is 4.90 Å². The van der Waals surface area contributed by atoms with Gasteiger partial charge >= 0.3 is 0 Å². The van der Waals surface area contributed by atoms with Crippen molar-refractivity contribution < 1.29 is 19.3 Å². The van der Waals surface area contributed by atoms with Gasteiger partial charge in [-0.1, -0.05) is 13.3 Å². The van der Waals surface area contributed by atoms with E-state index in [0.29, 0.717) is 24.5 Å². The van der Waals surface area contributed by atoms with Crippen molar-refractivity contribution in [2.24, 2.45) is 0 Å². The van der Waals surface area contributed by atoms with Gasteiger partial charge in [-0.3, -0.25) is 14.4 Å². The summed E-state index contributed by atoms with van der Waals surface area (Å²) < 4.78 is 0. The zero-order valence-corrected chi connectivity index (χ0v) is 16.2. The number of nitrogens with zero attached hydrogens (tertiary/aromatic N) is 1. The van der Waals surface area contributed by atoms with Gasteiger partial charge in [-0.2, -0.15) is 0 Å². The fraction of sp³-hybridized carbons (Fsp3) is 0.526. The van der Waals surface area contributed by atoms with Crippen LogP contribution in [0.4, 0.5) is 11.4 Å². The molecule has 0 fully saturated rings. The molecular weight excluding hydrogens is 332 g/mol. The van der Waals surface area contributed by atoms with E-state index < -0.39 is 0 Å². The Labute approximate surface area is 155 Å². The normalized spacial score (nSPS) is 11.5. The minimum absolute atomic E-state index is 0.0581. The van der Waals surface area contributed by atoms with Crippen LogP contribution in [-0.4, -0.2) is 55.8 Å². The number of likely N-dealkylation sites (N-methyl/N-ethyl adjacent to an activating group) is 2. The molecule has 1 aromatic carbocycles. The van der Waals surface area contributed by atoms with Crippen LogP contribution >= 0.6 is 0 Å². The lowest BCUT2D eigenvalue weighted by Gasteiger charge is -2.21. The number of anilines is 2. The summed E-state index contributed by atoms with van der Waals surface area (Å²) in [5.41, 5.74) is 1.34. The number of quaternary nitrogens is 1. The first kappa shape index (κ1) is 21.6. The Bertz CT molecular complexity index is 601. The molecular formula is C19H31N4O3+. The van der Waals surface area contributed by atoms with Crippen molar-refractivity contribution in [2.45, 2.75) is 33.6 Å². The van der Waals surface area contributed by atoms with Gasteiger partial charge < -0.3 is 20.4 Å². The molecule has 1 rings (SSSR count). The second-order valence-corrected chi connectivity index (χ2v) is 6.43. The standard InChI is InChI=1S/C19H30N4O3/c1-5-7-12-22(4)19(26)14-23(6-2)13-18(25)21-17-10-8-16(9-11-17)20-15(3)24/h8-11H,5-7,12-14H2,1-4H3,(H,20,24)(H,21,25)/p+1. The van der Waals surface area contributed by atoms with E-state index in [1.54, 1.807) is 29.2 Å². The number of nitrogens with one attached hydrogen (secondary N) is 3. The average molecular weight is 363 g/mol. The highest BCUT2D eigenvalue weighted by atomic mass is 16.2. The van der Waals surface area contributed by atoms with E-state index in [1.807, 2.05) is 14.0 Å². The monoisotopic (exact) mass is 363 g/mol. The molecule has 0 aliphatic heterocycles. The van der Waals surface area contributed by atoms with Gasteiger partial charge in [0.25, 0.3) is 11.8 Å². The third-order valence-electron chi connectivity index (χ3n) is 4.07. The molecule has 0 radical (unpaired) electrons. The summed E-state index contributed by atoms with van der Waals surface area (Å²) in [5, 5.41) is 5.50. The third kappa shape index (κ3) is 8.11. The van der Waals surface area contributed by atoms with Crippen LogP contribution < -0.4 is 15.5 Å². The highest BCUT2D eigenvalue weighted by molar-refractivity contribution is 5.92. The van der Waals surface area contributed by atoms with Gasteiger partial charge in [0, 0.05) is 31.9 Å². The Morgan fingerprint density at radius 1 is 1.00 bits per heavy atom. The zero-order chi connectivity index (χ0) is 19.5. The highest BCUT2D eigenvalue weighted by Crippen LogP contribution is 2.13. The second-order valence-electron chi connectivity index (χ2n) is 6.43. The molecule has 0 saturated heterocycles. The number of hydrogen-bond acceptors (Lipinski definition) is 3. The fourth-order valence-electron chi connectivity index (χ4n) is 2.45. The third-order valence-corrected chi connectivity index (χ3v) is 4.07. The molecule has 0 aromatic heterocycles. The van der Waals surface area contributed by atoms with E-state index in [2.05, 4.69) is 17.6 Å². The largest absolute Gasteiger partial charge is 0.341 e. The van der Waals surface area contributed by atoms with Crippen LogP contribution in [0.3, 0.4) is 0 Å². The maximum absolute atomic E-state index is 12.2. The molecule has 3 N–H and O–H groups in total. The molecule has 7 nitrogen and oxygen atoms in total. The molecule has 0 spiro atoms. The number of unbranched alkanes of at least 4 members (excludes halogenated alkanes) is 1. The van der Waals surface area contributed by atoms with Gasteiger partial charge in [-0.15, -0.1) is 0 Å². The summed E-state index contributed by atoms with van der Waals surface area (Å²) in [6, 6.07) is 6.93. The Hall–Kier alpha value is -2.41. The summed E-state index contributed by atoms with van der Waals surface area (Å²) in [6.07, 6.45) is 2.03. The van der Waals surface area contributed by atoms with Crippen LogP contribution in [0.25, 0.3) is 0 Å². The molecule has 144 valence electrons. The molecule has 1 atom stereocenters. The minimum atomic E-state index is -0.141. The van der Waals surface area contributed by atoms with Crippen molar-refractivity contribution in [3.05, 3.63) is 24.3 Å². The Morgan fingerprint density at radius 2 is 1.58 bits per heavy atom. The number of benzene rings is 1. The SMILES string of the molecule is CCCCN(C)C(=O)C[NH+](CC)CC(=O)Nc1ccc(NC(C)=O)cc1. The van der Waals surface area contributed by atoms with E-state index in [4.69, 9.17) is 0 Å². The van der Waals surface area contributed by atoms with Crippen LogP contribution in [0, 0.1) is 0 Å². The topological polar surface area (TPSA) is 83.0 Å². The van der Waals surface area contributed by atoms with Crippen molar-refractivity contribution in [2.75, 3.05) is 43.9 Å². The summed E-state index contributed by atoms with van der Waals surface area (Å²) in [7, 11) is 1.81. The lowest BCUT2D eigenvalue weighted by atomic mass is 10.2. The van der Waals surface area contributed by atoms with E-state index in [1.165, 1.54) is 6.92 Å². The Morgan fingerprint density at radius 3 is 2.08 bits per heavy atom. The molecule has 1 unspecified atom stereocenters. The van der Waals surface area contributed by atoms with Crippen molar-refractivity contribution in [1.29, 1.82) is 0 Å². The van der Waals surface area contributed by atoms with Gasteiger partial charge in [-0.05, 0) is 37.6 Å². The molecule has 1 aromatic rings. The molecule has 0 heterocycles. The van der Waals surface area contributed by atoms with Crippen molar-refractivity contribution in [3.8, 4) is 0 Å². The van der Waals surface area contributed by atoms with Gasteiger partial charge in [0.2, 0.25) is 5.91 Å². The Balaban J connectivity index is 2.50. The summed E-state index contributed by atoms with van der Waals surface area (Å²) in [5.74, 6) is -0.224. The first-order chi connectivity index (χ1) is 12.3. The molecule has 0 aliphatic rings. The van der Waals surface area contributed by atoms with Crippen LogP contribution in [0.1, 0.15) is 33.6 Å². The maximum Gasteiger partial charge on any atom is 0.279 e. The minimum Gasteiger partial charge on any atom is -0.341 e. The van der Waals surface area contributed by atoms with Gasteiger partial charge in [0.1, 0.15) is 0 Å². The highest BCUT2D eigenvalue weighted by Gasteiger charge is 2.19. The Kier molecular flexibility index (Phi) is 9.36. The van der Waals surface area contributed by atoms with E-state index in [9.17, 15) is 14.4 Å². The summed E-state index contributed by atoms with van der Waals surface area (Å²) in [6.45, 7) is 7.49. The number of carbonyl (C=O) groups excluding carboxylic acids is 3. The lowest BCUT2D eigenvalue weighted by molar-refractivity contribution is -0.881. The van der Waals surface area contributed by atoms with Crippen molar-refractivity contribution >= 4 is 29.1 Å². The molecule has 7 heteroatoms. The predicted molar refractivity (Wildman–Crippen MR) is 103 cm³/mol. The second kappa shape index (κ2) is 11.3. The quantitative estimate of drug-likeness (QED) is 0.574. The molecule has 0 saturated carbocycles. The van der Waals surface area contributed by atoms with Crippen LogP contribution in [0.5, 0.6) is 0 Å². The van der Waals surface area contributed by atoms with Crippen LogP contribution in [0.15, 0.2) is 24.3 Å². The van der Waals surface area contributed by atoms with Gasteiger partial charge in [0.05, 0.1) is 6.54 Å². The molecule has 0 aliphatic carbocycles. The molecule has 3 amide bonds. The van der Waals surface area contributed by atoms with Gasteiger partial charge in [0.15, 0.2) is 13.1 Å². The summed E-state index contributed by atoms with van der Waals surface area (Å²) in [4.78, 5) is 38.1. The summed E-state index contributed by atoms with van der Waals surface area (Å²) >= 11 is 0. The average Bonchev–Trinajstić information content (AvgIpc) is 2.60. The first-order valence-corrected chi connectivity index (χ1v) is 9.10. The van der Waals surface area contributed by atoms with Crippen LogP contribution in [-0.2, 0) is 14.4 Å².